The van der Waals surface area contributed by atoms with Gasteiger partial charge in [0.05, 0.1) is 12.2 Å². The van der Waals surface area contributed by atoms with Crippen molar-refractivity contribution in [3.05, 3.63) is 35.9 Å². The minimum atomic E-state index is 0.358. The second-order valence-corrected chi connectivity index (χ2v) is 5.61. The van der Waals surface area contributed by atoms with Gasteiger partial charge >= 0.3 is 0 Å². The number of hydrogen-bond donors (Lipinski definition) is 1. The van der Waals surface area contributed by atoms with Gasteiger partial charge in [-0.3, -0.25) is 4.90 Å². The summed E-state index contributed by atoms with van der Waals surface area (Å²) in [4.78, 5) is 2.50. The predicted octanol–water partition coefficient (Wildman–Crippen LogP) is 2.67. The van der Waals surface area contributed by atoms with E-state index in [-0.39, 0.29) is 0 Å². The van der Waals surface area contributed by atoms with Gasteiger partial charge in [-0.1, -0.05) is 44.2 Å². The topological polar surface area (TPSA) is 24.5 Å². The van der Waals surface area contributed by atoms with Gasteiger partial charge < -0.3 is 10.1 Å². The molecule has 3 heteroatoms. The largest absolute Gasteiger partial charge is 0.372 e. The van der Waals surface area contributed by atoms with E-state index in [0.717, 1.165) is 45.6 Å². The molecule has 0 aromatic heterocycles. The van der Waals surface area contributed by atoms with Crippen LogP contribution in [0, 0.1) is 0 Å². The van der Waals surface area contributed by atoms with Crippen LogP contribution in [0.5, 0.6) is 0 Å². The molecule has 1 aliphatic heterocycles. The van der Waals surface area contributed by atoms with Crippen LogP contribution in [0.25, 0.3) is 0 Å². The standard InChI is InChI=1S/C17H28N2O/c1-3-16(12-18-4-2)20-17-10-11-19(14-17)13-15-8-6-5-7-9-15/h5-9,16-18H,3-4,10-14H2,1-2H3. The summed E-state index contributed by atoms with van der Waals surface area (Å²) in [6.45, 7) is 9.61. The van der Waals surface area contributed by atoms with Crippen molar-refractivity contribution < 1.29 is 4.74 Å². The lowest BCUT2D eigenvalue weighted by Gasteiger charge is -2.22. The van der Waals surface area contributed by atoms with Crippen LogP contribution in [0.1, 0.15) is 32.3 Å². The van der Waals surface area contributed by atoms with Crippen molar-refractivity contribution in [3.63, 3.8) is 0 Å². The average Bonchev–Trinajstić information content (AvgIpc) is 2.91. The number of benzene rings is 1. The molecule has 2 atom stereocenters. The number of likely N-dealkylation sites (tertiary alicyclic amines) is 1. The molecular weight excluding hydrogens is 248 g/mol. The number of likely N-dealkylation sites (N-methyl/N-ethyl adjacent to an activating group) is 1. The normalized spacial score (nSPS) is 21.2. The number of ether oxygens (including phenoxy) is 1. The van der Waals surface area contributed by atoms with E-state index >= 15 is 0 Å². The molecule has 1 fully saturated rings. The molecule has 1 aromatic rings. The zero-order valence-electron chi connectivity index (χ0n) is 12.8. The molecule has 3 nitrogen and oxygen atoms in total. The summed E-state index contributed by atoms with van der Waals surface area (Å²) < 4.78 is 6.23. The Morgan fingerprint density at radius 2 is 2.10 bits per heavy atom. The Balaban J connectivity index is 1.74. The molecule has 1 N–H and O–H groups in total. The van der Waals surface area contributed by atoms with Gasteiger partial charge in [-0.2, -0.15) is 0 Å². The van der Waals surface area contributed by atoms with Crippen LogP contribution < -0.4 is 5.32 Å². The Labute approximate surface area is 123 Å². The van der Waals surface area contributed by atoms with Gasteiger partial charge in [0.15, 0.2) is 0 Å². The molecule has 1 heterocycles. The minimum Gasteiger partial charge on any atom is -0.372 e. The van der Waals surface area contributed by atoms with Gasteiger partial charge in [-0.15, -0.1) is 0 Å². The average molecular weight is 276 g/mol. The van der Waals surface area contributed by atoms with Gasteiger partial charge in [0, 0.05) is 26.2 Å². The summed E-state index contributed by atoms with van der Waals surface area (Å²) in [5, 5.41) is 3.39. The van der Waals surface area contributed by atoms with Crippen molar-refractivity contribution in [1.82, 2.24) is 10.2 Å². The van der Waals surface area contributed by atoms with E-state index in [4.69, 9.17) is 4.74 Å². The molecule has 0 bridgehead atoms. The summed E-state index contributed by atoms with van der Waals surface area (Å²) in [6.07, 6.45) is 3.01. The van der Waals surface area contributed by atoms with Crippen molar-refractivity contribution in [2.24, 2.45) is 0 Å². The van der Waals surface area contributed by atoms with Crippen LogP contribution in [0.3, 0.4) is 0 Å². The second kappa shape index (κ2) is 8.40. The Morgan fingerprint density at radius 1 is 1.30 bits per heavy atom. The van der Waals surface area contributed by atoms with E-state index in [1.165, 1.54) is 5.56 Å². The summed E-state index contributed by atoms with van der Waals surface area (Å²) in [7, 11) is 0. The zero-order chi connectivity index (χ0) is 14.2. The molecule has 2 rings (SSSR count). The number of hydrogen-bond acceptors (Lipinski definition) is 3. The van der Waals surface area contributed by atoms with E-state index in [9.17, 15) is 0 Å². The first-order chi connectivity index (χ1) is 9.81. The number of nitrogens with one attached hydrogen (secondary N) is 1. The van der Waals surface area contributed by atoms with Gasteiger partial charge in [-0.05, 0) is 24.9 Å². The van der Waals surface area contributed by atoms with Gasteiger partial charge in [0.2, 0.25) is 0 Å². The van der Waals surface area contributed by atoms with Gasteiger partial charge in [-0.25, -0.2) is 0 Å². The summed E-state index contributed by atoms with van der Waals surface area (Å²) in [5.41, 5.74) is 1.40. The molecule has 20 heavy (non-hydrogen) atoms. The van der Waals surface area contributed by atoms with E-state index in [1.807, 2.05) is 0 Å². The third-order valence-electron chi connectivity index (χ3n) is 3.94. The first-order valence-corrected chi connectivity index (χ1v) is 7.94. The highest BCUT2D eigenvalue weighted by Crippen LogP contribution is 2.17. The van der Waals surface area contributed by atoms with Crippen LogP contribution in [-0.2, 0) is 11.3 Å². The van der Waals surface area contributed by atoms with Crippen LogP contribution in [0.2, 0.25) is 0 Å². The molecule has 2 unspecified atom stereocenters. The maximum Gasteiger partial charge on any atom is 0.0718 e. The van der Waals surface area contributed by atoms with E-state index in [1.54, 1.807) is 0 Å². The quantitative estimate of drug-likeness (QED) is 0.790. The third kappa shape index (κ3) is 4.89. The van der Waals surface area contributed by atoms with Crippen molar-refractivity contribution in [1.29, 1.82) is 0 Å². The molecule has 1 aliphatic rings. The summed E-state index contributed by atoms with van der Waals surface area (Å²) >= 11 is 0. The van der Waals surface area contributed by atoms with Crippen LogP contribution in [-0.4, -0.2) is 43.3 Å². The Hall–Kier alpha value is -0.900. The lowest BCUT2D eigenvalue weighted by Crippen LogP contribution is -2.33. The summed E-state index contributed by atoms with van der Waals surface area (Å²) in [5.74, 6) is 0. The first kappa shape index (κ1) is 15.5. The lowest BCUT2D eigenvalue weighted by atomic mass is 10.2. The monoisotopic (exact) mass is 276 g/mol. The Bertz CT molecular complexity index is 369. The fourth-order valence-electron chi connectivity index (χ4n) is 2.76. The predicted molar refractivity (Wildman–Crippen MR) is 83.8 cm³/mol. The molecule has 112 valence electrons. The highest BCUT2D eigenvalue weighted by molar-refractivity contribution is 5.14. The third-order valence-corrected chi connectivity index (χ3v) is 3.94. The molecule has 1 aromatic carbocycles. The summed E-state index contributed by atoms with van der Waals surface area (Å²) in [6, 6.07) is 10.7. The lowest BCUT2D eigenvalue weighted by molar-refractivity contribution is -0.00722. The first-order valence-electron chi connectivity index (χ1n) is 7.94. The molecule has 0 radical (unpaired) electrons. The molecule has 0 saturated carbocycles. The SMILES string of the molecule is CCNCC(CC)OC1CCN(Cc2ccccc2)C1. The van der Waals surface area contributed by atoms with Crippen molar-refractivity contribution in [2.75, 3.05) is 26.2 Å². The van der Waals surface area contributed by atoms with Crippen molar-refractivity contribution >= 4 is 0 Å². The van der Waals surface area contributed by atoms with Crippen LogP contribution in [0.15, 0.2) is 30.3 Å². The second-order valence-electron chi connectivity index (χ2n) is 5.61. The highest BCUT2D eigenvalue weighted by Gasteiger charge is 2.25. The zero-order valence-corrected chi connectivity index (χ0v) is 12.8. The smallest absolute Gasteiger partial charge is 0.0718 e. The number of rotatable bonds is 8. The van der Waals surface area contributed by atoms with E-state index < -0.39 is 0 Å². The molecule has 0 spiro atoms. The van der Waals surface area contributed by atoms with Gasteiger partial charge in [0.1, 0.15) is 0 Å². The maximum atomic E-state index is 6.23. The van der Waals surface area contributed by atoms with Gasteiger partial charge in [0.25, 0.3) is 0 Å². The molecule has 0 amide bonds. The number of nitrogens with zero attached hydrogens (tertiary/aromatic N) is 1. The fraction of sp³-hybridized carbons (Fsp3) is 0.647. The fourth-order valence-corrected chi connectivity index (χ4v) is 2.76. The molecule has 0 aliphatic carbocycles. The van der Waals surface area contributed by atoms with Crippen LogP contribution in [0.4, 0.5) is 0 Å². The van der Waals surface area contributed by atoms with Crippen molar-refractivity contribution in [2.45, 2.75) is 45.4 Å². The molecule has 1 saturated heterocycles. The van der Waals surface area contributed by atoms with E-state index in [2.05, 4.69) is 54.4 Å². The molecular formula is C17H28N2O. The highest BCUT2D eigenvalue weighted by atomic mass is 16.5. The minimum absolute atomic E-state index is 0.358. The van der Waals surface area contributed by atoms with Crippen molar-refractivity contribution in [3.8, 4) is 0 Å². The van der Waals surface area contributed by atoms with Crippen LogP contribution >= 0.6 is 0 Å². The Morgan fingerprint density at radius 3 is 2.80 bits per heavy atom. The van der Waals surface area contributed by atoms with E-state index in [0.29, 0.717) is 12.2 Å². The maximum absolute atomic E-state index is 6.23. The Kier molecular flexibility index (Phi) is 6.51.